The summed E-state index contributed by atoms with van der Waals surface area (Å²) < 4.78 is 1.36. The number of aromatic nitrogens is 4. The van der Waals surface area contributed by atoms with Gasteiger partial charge in [0.2, 0.25) is 10.6 Å². The summed E-state index contributed by atoms with van der Waals surface area (Å²) in [6, 6.07) is 7.65. The summed E-state index contributed by atoms with van der Waals surface area (Å²) in [7, 11) is 0. The molecular formula is C8H4Br2N4. The summed E-state index contributed by atoms with van der Waals surface area (Å²) in [5.41, 5.74) is 0.881. The van der Waals surface area contributed by atoms with Crippen LogP contribution in [0.2, 0.25) is 0 Å². The molecule has 6 heteroatoms. The Balaban J connectivity index is 2.44. The monoisotopic (exact) mass is 314 g/mol. The Hall–Kier alpha value is -0.880. The van der Waals surface area contributed by atoms with Crippen molar-refractivity contribution in [3.63, 3.8) is 0 Å². The zero-order valence-corrected chi connectivity index (χ0v) is 10.0. The number of rotatable bonds is 1. The molecule has 0 unspecified atom stereocenters. The van der Waals surface area contributed by atoms with E-state index in [2.05, 4.69) is 52.3 Å². The van der Waals surface area contributed by atoms with Crippen molar-refractivity contribution in [3.8, 4) is 11.4 Å². The zero-order valence-electron chi connectivity index (χ0n) is 6.85. The lowest BCUT2D eigenvalue weighted by Crippen LogP contribution is -1.95. The van der Waals surface area contributed by atoms with Crippen LogP contribution in [0.4, 0.5) is 0 Å². The molecule has 4 nitrogen and oxygen atoms in total. The molecule has 14 heavy (non-hydrogen) atoms. The van der Waals surface area contributed by atoms with Gasteiger partial charge in [0, 0.05) is 10.0 Å². The SMILES string of the molecule is Brc1cccc(-c2nnc(Br)nn2)c1. The van der Waals surface area contributed by atoms with Crippen molar-refractivity contribution in [1.29, 1.82) is 0 Å². The van der Waals surface area contributed by atoms with Gasteiger partial charge in [0.15, 0.2) is 0 Å². The Morgan fingerprint density at radius 3 is 2.29 bits per heavy atom. The van der Waals surface area contributed by atoms with Gasteiger partial charge in [0.05, 0.1) is 0 Å². The van der Waals surface area contributed by atoms with E-state index in [4.69, 9.17) is 0 Å². The van der Waals surface area contributed by atoms with Crippen LogP contribution < -0.4 is 0 Å². The fourth-order valence-corrected chi connectivity index (χ4v) is 1.52. The van der Waals surface area contributed by atoms with Crippen LogP contribution in [-0.2, 0) is 0 Å². The number of halogens is 2. The number of benzene rings is 1. The molecule has 0 aliphatic carbocycles. The van der Waals surface area contributed by atoms with Crippen LogP contribution >= 0.6 is 31.9 Å². The van der Waals surface area contributed by atoms with E-state index < -0.39 is 0 Å². The molecule has 0 N–H and O–H groups in total. The van der Waals surface area contributed by atoms with Gasteiger partial charge >= 0.3 is 0 Å². The third-order valence-corrected chi connectivity index (χ3v) is 2.35. The lowest BCUT2D eigenvalue weighted by atomic mass is 10.2. The molecular weight excluding hydrogens is 312 g/mol. The minimum atomic E-state index is 0.385. The van der Waals surface area contributed by atoms with E-state index in [-0.39, 0.29) is 0 Å². The minimum absolute atomic E-state index is 0.385. The van der Waals surface area contributed by atoms with Crippen LogP contribution in [0.3, 0.4) is 0 Å². The van der Waals surface area contributed by atoms with Gasteiger partial charge in [-0.25, -0.2) is 0 Å². The van der Waals surface area contributed by atoms with Crippen LogP contribution in [-0.4, -0.2) is 20.4 Å². The molecule has 1 heterocycles. The van der Waals surface area contributed by atoms with Gasteiger partial charge in [-0.05, 0) is 28.1 Å². The van der Waals surface area contributed by atoms with Crippen molar-refractivity contribution < 1.29 is 0 Å². The van der Waals surface area contributed by atoms with Crippen molar-refractivity contribution in [2.75, 3.05) is 0 Å². The van der Waals surface area contributed by atoms with Crippen LogP contribution in [0, 0.1) is 0 Å². The molecule has 0 aliphatic rings. The fraction of sp³-hybridized carbons (Fsp3) is 0. The first-order valence-corrected chi connectivity index (χ1v) is 5.33. The van der Waals surface area contributed by atoms with Gasteiger partial charge in [-0.3, -0.25) is 0 Å². The molecule has 0 atom stereocenters. The lowest BCUT2D eigenvalue weighted by Gasteiger charge is -1.97. The molecule has 0 bridgehead atoms. The number of hydrogen-bond donors (Lipinski definition) is 0. The fourth-order valence-electron chi connectivity index (χ4n) is 0.960. The van der Waals surface area contributed by atoms with E-state index in [1.807, 2.05) is 24.3 Å². The molecule has 1 aromatic heterocycles. The first-order valence-electron chi connectivity index (χ1n) is 3.74. The Morgan fingerprint density at radius 1 is 0.929 bits per heavy atom. The number of hydrogen-bond acceptors (Lipinski definition) is 4. The van der Waals surface area contributed by atoms with Gasteiger partial charge < -0.3 is 0 Å². The Labute approximate surface area is 97.0 Å². The smallest absolute Gasteiger partial charge is 0.125 e. The van der Waals surface area contributed by atoms with Crippen molar-refractivity contribution in [2.24, 2.45) is 0 Å². The third kappa shape index (κ3) is 2.13. The van der Waals surface area contributed by atoms with Gasteiger partial charge in [0.1, 0.15) is 0 Å². The molecule has 0 amide bonds. The highest BCUT2D eigenvalue weighted by molar-refractivity contribution is 9.10. The Kier molecular flexibility index (Phi) is 2.83. The summed E-state index contributed by atoms with van der Waals surface area (Å²) in [5.74, 6) is 0.509. The third-order valence-electron chi connectivity index (χ3n) is 1.54. The maximum Gasteiger partial charge on any atom is 0.238 e. The molecule has 0 fully saturated rings. The molecule has 2 rings (SSSR count). The van der Waals surface area contributed by atoms with E-state index in [1.165, 1.54) is 0 Å². The second-order valence-corrected chi connectivity index (χ2v) is 4.13. The highest BCUT2D eigenvalue weighted by Crippen LogP contribution is 2.18. The van der Waals surface area contributed by atoms with Crippen LogP contribution in [0.5, 0.6) is 0 Å². The van der Waals surface area contributed by atoms with Crippen molar-refractivity contribution in [2.45, 2.75) is 0 Å². The molecule has 2 aromatic rings. The summed E-state index contributed by atoms with van der Waals surface area (Å²) in [6.45, 7) is 0. The van der Waals surface area contributed by atoms with E-state index >= 15 is 0 Å². The average molecular weight is 316 g/mol. The maximum absolute atomic E-state index is 3.90. The topological polar surface area (TPSA) is 51.6 Å². The summed E-state index contributed by atoms with van der Waals surface area (Å²) >= 11 is 6.44. The molecule has 0 radical (unpaired) electrons. The quantitative estimate of drug-likeness (QED) is 0.811. The number of nitrogens with zero attached hydrogens (tertiary/aromatic N) is 4. The predicted molar refractivity (Wildman–Crippen MR) is 58.5 cm³/mol. The Morgan fingerprint density at radius 2 is 1.64 bits per heavy atom. The predicted octanol–water partition coefficient (Wildman–Crippen LogP) is 2.46. The minimum Gasteiger partial charge on any atom is -0.125 e. The highest BCUT2D eigenvalue weighted by atomic mass is 79.9. The van der Waals surface area contributed by atoms with E-state index in [0.29, 0.717) is 10.6 Å². The zero-order chi connectivity index (χ0) is 9.97. The van der Waals surface area contributed by atoms with Crippen LogP contribution in [0.15, 0.2) is 33.5 Å². The highest BCUT2D eigenvalue weighted by Gasteiger charge is 2.02. The van der Waals surface area contributed by atoms with Gasteiger partial charge in [-0.15, -0.1) is 20.4 Å². The van der Waals surface area contributed by atoms with E-state index in [1.54, 1.807) is 0 Å². The maximum atomic E-state index is 3.90. The lowest BCUT2D eigenvalue weighted by molar-refractivity contribution is 0.835. The molecule has 0 aliphatic heterocycles. The standard InChI is InChI=1S/C8H4Br2N4/c9-6-3-1-2-5(4-6)7-11-13-8(10)14-12-7/h1-4H. The molecule has 0 saturated carbocycles. The second kappa shape index (κ2) is 4.10. The Bertz CT molecular complexity index is 443. The average Bonchev–Trinajstić information content (AvgIpc) is 2.19. The van der Waals surface area contributed by atoms with Gasteiger partial charge in [-0.1, -0.05) is 28.1 Å². The second-order valence-electron chi connectivity index (χ2n) is 2.50. The van der Waals surface area contributed by atoms with E-state index in [9.17, 15) is 0 Å². The first-order chi connectivity index (χ1) is 6.75. The normalized spacial score (nSPS) is 10.1. The largest absolute Gasteiger partial charge is 0.238 e. The van der Waals surface area contributed by atoms with Crippen LogP contribution in [0.1, 0.15) is 0 Å². The van der Waals surface area contributed by atoms with Gasteiger partial charge in [0.25, 0.3) is 0 Å². The summed E-state index contributed by atoms with van der Waals surface area (Å²) in [5, 5.41) is 15.3. The van der Waals surface area contributed by atoms with Crippen molar-refractivity contribution >= 4 is 31.9 Å². The molecule has 1 aromatic carbocycles. The van der Waals surface area contributed by atoms with Crippen LogP contribution in [0.25, 0.3) is 11.4 Å². The molecule has 0 saturated heterocycles. The summed E-state index contributed by atoms with van der Waals surface area (Å²) in [6.07, 6.45) is 0. The van der Waals surface area contributed by atoms with E-state index in [0.717, 1.165) is 10.0 Å². The summed E-state index contributed by atoms with van der Waals surface area (Å²) in [4.78, 5) is 0. The molecule has 70 valence electrons. The van der Waals surface area contributed by atoms with Gasteiger partial charge in [-0.2, -0.15) is 0 Å². The van der Waals surface area contributed by atoms with Crippen molar-refractivity contribution in [3.05, 3.63) is 33.5 Å². The molecule has 0 spiro atoms. The van der Waals surface area contributed by atoms with Crippen molar-refractivity contribution in [1.82, 2.24) is 20.4 Å². The first kappa shape index (κ1) is 9.67.